The highest BCUT2D eigenvalue weighted by Gasteiger charge is 2.15. The number of hydrogen-bond acceptors (Lipinski definition) is 2. The molecule has 1 N–H and O–H groups in total. The summed E-state index contributed by atoms with van der Waals surface area (Å²) in [5, 5.41) is 3.63. The largest absolute Gasteiger partial charge is 0.491 e. The summed E-state index contributed by atoms with van der Waals surface area (Å²) >= 11 is 0. The van der Waals surface area contributed by atoms with Gasteiger partial charge in [-0.25, -0.2) is 0 Å². The number of rotatable bonds is 4. The van der Waals surface area contributed by atoms with E-state index in [1.165, 1.54) is 36.9 Å². The van der Waals surface area contributed by atoms with Crippen molar-refractivity contribution in [3.8, 4) is 5.75 Å². The van der Waals surface area contributed by atoms with Gasteiger partial charge in [0.2, 0.25) is 0 Å². The third-order valence-corrected chi connectivity index (χ3v) is 3.28. The first kappa shape index (κ1) is 12.3. The van der Waals surface area contributed by atoms with Crippen LogP contribution in [0.2, 0.25) is 0 Å². The minimum absolute atomic E-state index is 0.239. The van der Waals surface area contributed by atoms with Crippen LogP contribution in [0.3, 0.4) is 0 Å². The Kier molecular flexibility index (Phi) is 3.93. The second-order valence-corrected chi connectivity index (χ2v) is 5.27. The molecule has 0 amide bonds. The maximum absolute atomic E-state index is 5.69. The first-order chi connectivity index (χ1) is 8.15. The summed E-state index contributed by atoms with van der Waals surface area (Å²) in [6, 6.07) is 7.00. The molecule has 1 saturated carbocycles. The topological polar surface area (TPSA) is 21.3 Å². The lowest BCUT2D eigenvalue weighted by Gasteiger charge is -2.17. The average Bonchev–Trinajstić information content (AvgIpc) is 2.74. The fourth-order valence-electron chi connectivity index (χ4n) is 2.43. The van der Waals surface area contributed by atoms with Crippen molar-refractivity contribution in [3.63, 3.8) is 0 Å². The first-order valence-corrected chi connectivity index (χ1v) is 6.69. The summed E-state index contributed by atoms with van der Waals surface area (Å²) < 4.78 is 5.69. The second-order valence-electron chi connectivity index (χ2n) is 5.27. The van der Waals surface area contributed by atoms with Gasteiger partial charge in [0.05, 0.1) is 6.10 Å². The van der Waals surface area contributed by atoms with Crippen molar-refractivity contribution < 1.29 is 4.74 Å². The maximum atomic E-state index is 5.69. The van der Waals surface area contributed by atoms with E-state index >= 15 is 0 Å². The van der Waals surface area contributed by atoms with Crippen LogP contribution in [-0.4, -0.2) is 12.1 Å². The third kappa shape index (κ3) is 3.39. The molecule has 94 valence electrons. The Hall–Kier alpha value is -1.18. The normalized spacial score (nSPS) is 16.5. The highest BCUT2D eigenvalue weighted by Crippen LogP contribution is 2.26. The lowest BCUT2D eigenvalue weighted by Crippen LogP contribution is -2.15. The van der Waals surface area contributed by atoms with E-state index in [9.17, 15) is 0 Å². The molecule has 2 nitrogen and oxygen atoms in total. The zero-order chi connectivity index (χ0) is 12.3. The number of ether oxygens (including phenoxy) is 1. The van der Waals surface area contributed by atoms with Crippen molar-refractivity contribution in [2.24, 2.45) is 0 Å². The fraction of sp³-hybridized carbons (Fsp3) is 0.600. The molecule has 0 atom stereocenters. The molecule has 0 radical (unpaired) electrons. The van der Waals surface area contributed by atoms with Crippen molar-refractivity contribution in [2.75, 3.05) is 5.32 Å². The minimum Gasteiger partial charge on any atom is -0.491 e. The van der Waals surface area contributed by atoms with Crippen LogP contribution in [0.5, 0.6) is 5.75 Å². The molecular weight excluding hydrogens is 210 g/mol. The molecule has 0 aromatic heterocycles. The van der Waals surface area contributed by atoms with Crippen LogP contribution in [0.15, 0.2) is 18.2 Å². The molecule has 0 spiro atoms. The van der Waals surface area contributed by atoms with Crippen LogP contribution < -0.4 is 10.1 Å². The standard InChI is InChI=1S/C15H23NO/c1-11(2)17-14-8-9-15(12(3)10-14)16-13-6-4-5-7-13/h8-11,13,16H,4-7H2,1-3H3. The summed E-state index contributed by atoms with van der Waals surface area (Å²) in [6.07, 6.45) is 5.59. The summed E-state index contributed by atoms with van der Waals surface area (Å²) in [6.45, 7) is 6.25. The SMILES string of the molecule is Cc1cc(OC(C)C)ccc1NC1CCCC1. The van der Waals surface area contributed by atoms with Crippen LogP contribution >= 0.6 is 0 Å². The summed E-state index contributed by atoms with van der Waals surface area (Å²) in [4.78, 5) is 0. The predicted molar refractivity (Wildman–Crippen MR) is 72.8 cm³/mol. The molecule has 0 heterocycles. The quantitative estimate of drug-likeness (QED) is 0.844. The van der Waals surface area contributed by atoms with E-state index in [1.807, 2.05) is 0 Å². The van der Waals surface area contributed by atoms with Gasteiger partial charge in [-0.2, -0.15) is 0 Å². The number of aryl methyl sites for hydroxylation is 1. The lowest BCUT2D eigenvalue weighted by atomic mass is 10.1. The molecule has 2 rings (SSSR count). The van der Waals surface area contributed by atoms with Gasteiger partial charge in [-0.15, -0.1) is 0 Å². The summed E-state index contributed by atoms with van der Waals surface area (Å²) in [5.74, 6) is 0.967. The van der Waals surface area contributed by atoms with Gasteiger partial charge < -0.3 is 10.1 Å². The Morgan fingerprint density at radius 3 is 2.53 bits per heavy atom. The minimum atomic E-state index is 0.239. The number of anilines is 1. The van der Waals surface area contributed by atoms with E-state index in [1.54, 1.807) is 0 Å². The van der Waals surface area contributed by atoms with Gasteiger partial charge in [0, 0.05) is 11.7 Å². The van der Waals surface area contributed by atoms with Crippen molar-refractivity contribution in [1.29, 1.82) is 0 Å². The van der Waals surface area contributed by atoms with Gasteiger partial charge in [0.15, 0.2) is 0 Å². The van der Waals surface area contributed by atoms with Crippen LogP contribution in [0.25, 0.3) is 0 Å². The third-order valence-electron chi connectivity index (χ3n) is 3.28. The van der Waals surface area contributed by atoms with Gasteiger partial charge in [0.25, 0.3) is 0 Å². The Balaban J connectivity index is 2.03. The monoisotopic (exact) mass is 233 g/mol. The second kappa shape index (κ2) is 5.44. The molecule has 1 aliphatic rings. The van der Waals surface area contributed by atoms with E-state index in [-0.39, 0.29) is 6.10 Å². The zero-order valence-corrected chi connectivity index (χ0v) is 11.1. The van der Waals surface area contributed by atoms with Gasteiger partial charge in [-0.05, 0) is 57.4 Å². The Labute approximate surface area is 104 Å². The van der Waals surface area contributed by atoms with Crippen molar-refractivity contribution >= 4 is 5.69 Å². The fourth-order valence-corrected chi connectivity index (χ4v) is 2.43. The highest BCUT2D eigenvalue weighted by molar-refractivity contribution is 5.54. The molecule has 0 unspecified atom stereocenters. The molecule has 1 aromatic carbocycles. The van der Waals surface area contributed by atoms with Crippen LogP contribution in [0.4, 0.5) is 5.69 Å². The van der Waals surface area contributed by atoms with Crippen LogP contribution in [-0.2, 0) is 0 Å². The molecule has 17 heavy (non-hydrogen) atoms. The zero-order valence-electron chi connectivity index (χ0n) is 11.1. The van der Waals surface area contributed by atoms with Crippen LogP contribution in [0.1, 0.15) is 45.1 Å². The molecule has 1 aliphatic carbocycles. The molecular formula is C15H23NO. The molecule has 0 saturated heterocycles. The average molecular weight is 233 g/mol. The number of nitrogens with one attached hydrogen (secondary N) is 1. The molecule has 0 aliphatic heterocycles. The first-order valence-electron chi connectivity index (χ1n) is 6.69. The molecule has 1 fully saturated rings. The van der Waals surface area contributed by atoms with Crippen molar-refractivity contribution in [3.05, 3.63) is 23.8 Å². The maximum Gasteiger partial charge on any atom is 0.120 e. The lowest BCUT2D eigenvalue weighted by molar-refractivity contribution is 0.242. The number of hydrogen-bond donors (Lipinski definition) is 1. The van der Waals surface area contributed by atoms with E-state index in [4.69, 9.17) is 4.74 Å². The smallest absolute Gasteiger partial charge is 0.120 e. The van der Waals surface area contributed by atoms with Crippen molar-refractivity contribution in [2.45, 2.75) is 58.6 Å². The van der Waals surface area contributed by atoms with Crippen LogP contribution in [0, 0.1) is 6.92 Å². The number of benzene rings is 1. The van der Waals surface area contributed by atoms with Gasteiger partial charge >= 0.3 is 0 Å². The van der Waals surface area contributed by atoms with Gasteiger partial charge in [-0.1, -0.05) is 12.8 Å². The predicted octanol–water partition coefficient (Wildman–Crippen LogP) is 4.14. The summed E-state index contributed by atoms with van der Waals surface area (Å²) in [7, 11) is 0. The Morgan fingerprint density at radius 1 is 1.24 bits per heavy atom. The molecule has 2 heteroatoms. The van der Waals surface area contributed by atoms with Crippen molar-refractivity contribution in [1.82, 2.24) is 0 Å². The summed E-state index contributed by atoms with van der Waals surface area (Å²) in [5.41, 5.74) is 2.53. The van der Waals surface area contributed by atoms with E-state index in [0.717, 1.165) is 5.75 Å². The Morgan fingerprint density at radius 2 is 1.94 bits per heavy atom. The van der Waals surface area contributed by atoms with Gasteiger partial charge in [0.1, 0.15) is 5.75 Å². The highest BCUT2D eigenvalue weighted by atomic mass is 16.5. The van der Waals surface area contributed by atoms with E-state index in [2.05, 4.69) is 44.3 Å². The molecule has 1 aromatic rings. The Bertz CT molecular complexity index is 367. The van der Waals surface area contributed by atoms with Gasteiger partial charge in [-0.3, -0.25) is 0 Å². The molecule has 0 bridgehead atoms. The van der Waals surface area contributed by atoms with E-state index < -0.39 is 0 Å². The van der Waals surface area contributed by atoms with E-state index in [0.29, 0.717) is 6.04 Å².